The maximum Gasteiger partial charge on any atom is 0.311 e. The van der Waals surface area contributed by atoms with E-state index in [9.17, 15) is 20.0 Å². The van der Waals surface area contributed by atoms with Gasteiger partial charge in [-0.25, -0.2) is 0 Å². The Bertz CT molecular complexity index is 1040. The highest BCUT2D eigenvalue weighted by atomic mass is 16.5. The molecule has 8 unspecified atom stereocenters. The van der Waals surface area contributed by atoms with Gasteiger partial charge in [-0.15, -0.1) is 0 Å². The Hall–Kier alpha value is -2.70. The van der Waals surface area contributed by atoms with Gasteiger partial charge in [-0.1, -0.05) is 46.3 Å². The SMILES string of the molecule is CC1CC(C)CC(C)C(O)/C(C#N)=C/C=C/CC(C2CCCC2C(N)=O)OC(=O)C/C(=N\N2CCN(C)CC2)C(C)C1. The van der Waals surface area contributed by atoms with Gasteiger partial charge in [0.05, 0.1) is 29.9 Å². The number of amides is 1. The van der Waals surface area contributed by atoms with E-state index in [1.54, 1.807) is 12.2 Å². The lowest BCUT2D eigenvalue weighted by molar-refractivity contribution is -0.152. The average Bonchev–Trinajstić information content (AvgIpc) is 3.42. The van der Waals surface area contributed by atoms with Gasteiger partial charge < -0.3 is 20.5 Å². The second-order valence-electron chi connectivity index (χ2n) is 13.3. The summed E-state index contributed by atoms with van der Waals surface area (Å²) in [7, 11) is 2.11. The first-order chi connectivity index (χ1) is 20.0. The van der Waals surface area contributed by atoms with Crippen molar-refractivity contribution in [2.75, 3.05) is 33.2 Å². The number of hydrogen-bond donors (Lipinski definition) is 2. The third-order valence-corrected chi connectivity index (χ3v) is 9.44. The molecule has 0 spiro atoms. The van der Waals surface area contributed by atoms with Crippen molar-refractivity contribution >= 4 is 17.6 Å². The number of rotatable bonds is 3. The molecule has 9 heteroatoms. The maximum atomic E-state index is 13.5. The van der Waals surface area contributed by atoms with E-state index in [0.717, 1.165) is 64.0 Å². The summed E-state index contributed by atoms with van der Waals surface area (Å²) < 4.78 is 6.14. The van der Waals surface area contributed by atoms with Gasteiger partial charge in [-0.3, -0.25) is 14.6 Å². The van der Waals surface area contributed by atoms with E-state index in [1.807, 2.05) is 13.0 Å². The lowest BCUT2D eigenvalue weighted by Gasteiger charge is -2.32. The van der Waals surface area contributed by atoms with Crippen LogP contribution in [0.15, 0.2) is 28.9 Å². The number of carbonyl (C=O) groups is 2. The number of piperazine rings is 1. The molecule has 3 N–H and O–H groups in total. The van der Waals surface area contributed by atoms with Crippen LogP contribution in [0.4, 0.5) is 0 Å². The summed E-state index contributed by atoms with van der Waals surface area (Å²) in [6.45, 7) is 12.1. The van der Waals surface area contributed by atoms with Crippen LogP contribution < -0.4 is 5.73 Å². The van der Waals surface area contributed by atoms with Gasteiger partial charge in [0.25, 0.3) is 0 Å². The van der Waals surface area contributed by atoms with Crippen LogP contribution in [0.1, 0.15) is 79.1 Å². The summed E-state index contributed by atoms with van der Waals surface area (Å²) in [5.41, 5.74) is 6.91. The van der Waals surface area contributed by atoms with Crippen molar-refractivity contribution in [3.8, 4) is 6.07 Å². The molecule has 9 nitrogen and oxygen atoms in total. The molecule has 0 radical (unpaired) electrons. The van der Waals surface area contributed by atoms with E-state index >= 15 is 0 Å². The Kier molecular flexibility index (Phi) is 13.1. The number of carbonyl (C=O) groups excluding carboxylic acids is 2. The molecule has 2 aliphatic heterocycles. The van der Waals surface area contributed by atoms with Gasteiger partial charge in [-0.2, -0.15) is 10.4 Å². The number of cyclic esters (lactones) is 1. The second-order valence-corrected chi connectivity index (χ2v) is 13.3. The number of esters is 1. The van der Waals surface area contributed by atoms with Crippen molar-refractivity contribution in [2.24, 2.45) is 46.3 Å². The van der Waals surface area contributed by atoms with E-state index in [4.69, 9.17) is 15.6 Å². The lowest BCUT2D eigenvalue weighted by atomic mass is 9.82. The largest absolute Gasteiger partial charge is 0.461 e. The van der Waals surface area contributed by atoms with Crippen molar-refractivity contribution in [3.05, 3.63) is 23.8 Å². The second kappa shape index (κ2) is 16.2. The van der Waals surface area contributed by atoms with Crippen molar-refractivity contribution in [2.45, 2.75) is 91.3 Å². The number of nitrogens with two attached hydrogens (primary N) is 1. The zero-order valence-corrected chi connectivity index (χ0v) is 26.4. The number of nitrogens with zero attached hydrogens (tertiary/aromatic N) is 4. The zero-order chi connectivity index (χ0) is 30.8. The lowest BCUT2D eigenvalue weighted by Crippen LogP contribution is -2.42. The number of aliphatic hydroxyl groups is 1. The van der Waals surface area contributed by atoms with Crippen molar-refractivity contribution in [1.82, 2.24) is 9.91 Å². The van der Waals surface area contributed by atoms with Crippen LogP contribution in [0.3, 0.4) is 0 Å². The first kappa shape index (κ1) is 33.8. The number of hydrogen-bond acceptors (Lipinski definition) is 8. The predicted octanol–water partition coefficient (Wildman–Crippen LogP) is 4.28. The monoisotopic (exact) mass is 583 g/mol. The highest BCUT2D eigenvalue weighted by molar-refractivity contribution is 6.00. The molecule has 8 atom stereocenters. The van der Waals surface area contributed by atoms with Crippen molar-refractivity contribution in [1.29, 1.82) is 5.26 Å². The summed E-state index contributed by atoms with van der Waals surface area (Å²) in [6, 6.07) is 2.16. The fourth-order valence-electron chi connectivity index (χ4n) is 7.12. The number of likely N-dealkylation sites (N-methyl/N-ethyl adjacent to an activating group) is 1. The van der Waals surface area contributed by atoms with E-state index in [1.165, 1.54) is 0 Å². The Labute approximate surface area is 252 Å². The minimum Gasteiger partial charge on any atom is -0.461 e. The molecule has 1 saturated heterocycles. The minimum absolute atomic E-state index is 0.0549. The van der Waals surface area contributed by atoms with E-state index in [2.05, 4.69) is 43.8 Å². The minimum atomic E-state index is -0.847. The van der Waals surface area contributed by atoms with Gasteiger partial charge in [-0.05, 0) is 68.9 Å². The Morgan fingerprint density at radius 2 is 1.79 bits per heavy atom. The number of nitriles is 1. The average molecular weight is 584 g/mol. The van der Waals surface area contributed by atoms with E-state index < -0.39 is 12.2 Å². The number of ether oxygens (including phenoxy) is 1. The van der Waals surface area contributed by atoms with Crippen LogP contribution in [0, 0.1) is 46.8 Å². The quantitative estimate of drug-likeness (QED) is 0.474. The number of allylic oxidation sites excluding steroid dienone is 2. The van der Waals surface area contributed by atoms with Gasteiger partial charge >= 0.3 is 5.97 Å². The Morgan fingerprint density at radius 1 is 1.10 bits per heavy atom. The fourth-order valence-corrected chi connectivity index (χ4v) is 7.12. The van der Waals surface area contributed by atoms with Crippen LogP contribution in [-0.4, -0.2) is 78.0 Å². The first-order valence-corrected chi connectivity index (χ1v) is 15.9. The van der Waals surface area contributed by atoms with Crippen LogP contribution in [-0.2, 0) is 14.3 Å². The van der Waals surface area contributed by atoms with Gasteiger partial charge in [0.15, 0.2) is 0 Å². The van der Waals surface area contributed by atoms with Crippen LogP contribution in [0.25, 0.3) is 0 Å². The molecule has 1 aliphatic carbocycles. The third-order valence-electron chi connectivity index (χ3n) is 9.44. The first-order valence-electron chi connectivity index (χ1n) is 15.9. The highest BCUT2D eigenvalue weighted by Crippen LogP contribution is 2.37. The van der Waals surface area contributed by atoms with Crippen LogP contribution >= 0.6 is 0 Å². The number of aliphatic hydroxyl groups excluding tert-OH is 1. The normalized spacial score (nSPS) is 38.0. The van der Waals surface area contributed by atoms with E-state index in [-0.39, 0.29) is 42.0 Å². The molecule has 1 amide bonds. The fraction of sp³-hybridized carbons (Fsp3) is 0.758. The maximum absolute atomic E-state index is 13.5. The summed E-state index contributed by atoms with van der Waals surface area (Å²) in [5.74, 6) is -0.357. The molecule has 234 valence electrons. The van der Waals surface area contributed by atoms with Gasteiger partial charge in [0.1, 0.15) is 6.10 Å². The molecular formula is C33H53N5O4. The Morgan fingerprint density at radius 3 is 2.45 bits per heavy atom. The molecule has 3 rings (SSSR count). The molecule has 0 bridgehead atoms. The molecule has 1 saturated carbocycles. The van der Waals surface area contributed by atoms with Gasteiger partial charge in [0, 0.05) is 44.4 Å². The molecule has 2 heterocycles. The van der Waals surface area contributed by atoms with Gasteiger partial charge in [0.2, 0.25) is 5.91 Å². The standard InChI is InChI=1S/C33H53N5O4/c1-22-17-23(2)19-25(4)32(40)26(21-34)9-6-7-12-30(27-10-8-11-28(27)33(35)41)42-31(39)20-29(24(3)18-22)36-38-15-13-37(5)14-16-38/h6-7,9,22-25,27-28,30,32,40H,8,10-20H2,1-5H3,(H2,35,41)/b7-6+,26-9+,36-29+. The molecule has 42 heavy (non-hydrogen) atoms. The van der Waals surface area contributed by atoms with Crippen LogP contribution in [0.2, 0.25) is 0 Å². The third kappa shape index (κ3) is 9.95. The molecule has 0 aromatic rings. The van der Waals surface area contributed by atoms with Crippen LogP contribution in [0.5, 0.6) is 0 Å². The summed E-state index contributed by atoms with van der Waals surface area (Å²) in [5, 5.41) is 27.8. The number of hydrazone groups is 1. The predicted molar refractivity (Wildman–Crippen MR) is 165 cm³/mol. The highest BCUT2D eigenvalue weighted by Gasteiger charge is 2.38. The molecule has 2 fully saturated rings. The summed E-state index contributed by atoms with van der Waals surface area (Å²) in [6.07, 6.45) is 9.44. The summed E-state index contributed by atoms with van der Waals surface area (Å²) in [4.78, 5) is 28.0. The molecular weight excluding hydrogens is 530 g/mol. The topological polar surface area (TPSA) is 132 Å². The summed E-state index contributed by atoms with van der Waals surface area (Å²) >= 11 is 0. The Balaban J connectivity index is 1.92. The zero-order valence-electron chi connectivity index (χ0n) is 26.4. The molecule has 0 aromatic heterocycles. The smallest absolute Gasteiger partial charge is 0.311 e. The van der Waals surface area contributed by atoms with Crippen molar-refractivity contribution in [3.63, 3.8) is 0 Å². The number of primary amides is 1. The molecule has 3 aliphatic rings. The molecule has 0 aromatic carbocycles. The van der Waals surface area contributed by atoms with E-state index in [0.29, 0.717) is 30.3 Å². The van der Waals surface area contributed by atoms with Crippen molar-refractivity contribution < 1.29 is 19.4 Å².